The molecule has 0 bridgehead atoms. The summed E-state index contributed by atoms with van der Waals surface area (Å²) in [5.41, 5.74) is 4.82. The molecule has 0 radical (unpaired) electrons. The summed E-state index contributed by atoms with van der Waals surface area (Å²) in [6.07, 6.45) is 0. The normalized spacial score (nSPS) is 17.3. The Labute approximate surface area is 378 Å². The monoisotopic (exact) mass is 900 g/mol. The third kappa shape index (κ3) is 8.85. The molecule has 2 aliphatic rings. The molecule has 10 nitrogen and oxygen atoms in total. The molecule has 318 valence electrons. The van der Waals surface area contributed by atoms with Gasteiger partial charge in [0.1, 0.15) is 5.54 Å². The minimum atomic E-state index is -1.64. The molecular formula is C52H49BrN6O4. The van der Waals surface area contributed by atoms with Gasteiger partial charge < -0.3 is 5.11 Å². The highest BCUT2D eigenvalue weighted by molar-refractivity contribution is 9.10. The van der Waals surface area contributed by atoms with Crippen LogP contribution in [-0.2, 0) is 10.5 Å². The van der Waals surface area contributed by atoms with Crippen LogP contribution in [-0.4, -0.2) is 34.2 Å². The Balaban J connectivity index is 0.000000182. The lowest BCUT2D eigenvalue weighted by atomic mass is 9.83. The van der Waals surface area contributed by atoms with E-state index in [9.17, 15) is 19.5 Å². The third-order valence-electron chi connectivity index (χ3n) is 11.2. The van der Waals surface area contributed by atoms with Gasteiger partial charge in [0.05, 0.1) is 24.4 Å². The maximum Gasteiger partial charge on any atom is 0.336 e. The van der Waals surface area contributed by atoms with Crippen molar-refractivity contribution in [3.63, 3.8) is 0 Å². The zero-order chi connectivity index (χ0) is 45.9. The number of hydrogen-bond acceptors (Lipinski definition) is 4. The summed E-state index contributed by atoms with van der Waals surface area (Å²) in [6.45, 7) is 29.4. The van der Waals surface area contributed by atoms with Crippen LogP contribution in [0.3, 0.4) is 0 Å². The fourth-order valence-electron chi connectivity index (χ4n) is 7.78. The average molecular weight is 902 g/mol. The molecule has 0 saturated carbocycles. The summed E-state index contributed by atoms with van der Waals surface area (Å²) >= 11 is 3.36. The first-order valence-electron chi connectivity index (χ1n) is 20.3. The van der Waals surface area contributed by atoms with Gasteiger partial charge >= 0.3 is 12.1 Å². The number of imide groups is 1. The summed E-state index contributed by atoms with van der Waals surface area (Å²) in [6, 6.07) is 43.5. The maximum atomic E-state index is 13.9. The molecule has 2 fully saturated rings. The molecule has 1 N–H and O–H groups in total. The van der Waals surface area contributed by atoms with Crippen LogP contribution in [0.5, 0.6) is 0 Å². The van der Waals surface area contributed by atoms with Gasteiger partial charge in [-0.1, -0.05) is 123 Å². The van der Waals surface area contributed by atoms with E-state index in [-0.39, 0.29) is 18.0 Å². The Kier molecular flexibility index (Phi) is 13.1. The zero-order valence-corrected chi connectivity index (χ0v) is 38.2. The van der Waals surface area contributed by atoms with Crippen LogP contribution in [0.1, 0.15) is 55.5 Å². The molecule has 2 aliphatic heterocycles. The van der Waals surface area contributed by atoms with Gasteiger partial charge in [-0.3, -0.25) is 19.5 Å². The number of aryl methyl sites for hydroxylation is 4. The molecule has 2 heterocycles. The van der Waals surface area contributed by atoms with Crippen LogP contribution in [0, 0.1) is 40.8 Å². The number of carbonyl (C=O) groups excluding carboxylic acids is 3. The van der Waals surface area contributed by atoms with Gasteiger partial charge in [0.15, 0.2) is 17.1 Å². The highest BCUT2D eigenvalue weighted by Gasteiger charge is 2.64. The lowest BCUT2D eigenvalue weighted by molar-refractivity contribution is -0.120. The summed E-state index contributed by atoms with van der Waals surface area (Å²) in [4.78, 5) is 52.2. The van der Waals surface area contributed by atoms with Crippen LogP contribution in [0.2, 0.25) is 0 Å². The number of benzene rings is 6. The first-order valence-corrected chi connectivity index (χ1v) is 21.1. The minimum absolute atomic E-state index is 0.288. The number of halogens is 1. The van der Waals surface area contributed by atoms with E-state index < -0.39 is 16.8 Å². The van der Waals surface area contributed by atoms with Gasteiger partial charge in [0, 0.05) is 27.1 Å². The van der Waals surface area contributed by atoms with E-state index in [1.54, 1.807) is 67.3 Å². The lowest BCUT2D eigenvalue weighted by Gasteiger charge is -2.43. The molecule has 6 aromatic rings. The van der Waals surface area contributed by atoms with Gasteiger partial charge in [-0.15, -0.1) is 0 Å². The Morgan fingerprint density at radius 2 is 0.937 bits per heavy atom. The van der Waals surface area contributed by atoms with Crippen molar-refractivity contribution in [2.45, 2.75) is 72.2 Å². The van der Waals surface area contributed by atoms with Crippen molar-refractivity contribution in [2.24, 2.45) is 0 Å². The molecule has 63 heavy (non-hydrogen) atoms. The second kappa shape index (κ2) is 18.1. The molecule has 1 atom stereocenters. The van der Waals surface area contributed by atoms with Gasteiger partial charge in [0.25, 0.3) is 5.91 Å². The van der Waals surface area contributed by atoms with E-state index >= 15 is 0 Å². The van der Waals surface area contributed by atoms with Crippen LogP contribution < -0.4 is 19.6 Å². The summed E-state index contributed by atoms with van der Waals surface area (Å²) in [5.74, 6) is -0.288. The smallest absolute Gasteiger partial charge is 0.336 e. The van der Waals surface area contributed by atoms with Crippen LogP contribution >= 0.6 is 15.9 Å². The van der Waals surface area contributed by atoms with Crippen molar-refractivity contribution >= 4 is 68.0 Å². The Hall–Kier alpha value is -7.05. The van der Waals surface area contributed by atoms with Gasteiger partial charge in [-0.05, 0) is 116 Å². The van der Waals surface area contributed by atoms with E-state index in [0.717, 1.165) is 21.2 Å². The number of nitrogens with zero attached hydrogens (tertiary/aromatic N) is 6. The first kappa shape index (κ1) is 45.5. The SMILES string of the molecule is Cc1cccc(Br)c1.[C-]#[N+]c1ccc(N2C(=O)N(c3ccc(C)cc3)C(C)(C)C2(O)c2cccc(C)c2)cc1.[C-]#[N+]c1ccc(N2C(=O)N(c3ccc(C)cc3)C(C)(C)C2=O)cc1. The second-order valence-corrected chi connectivity index (χ2v) is 17.5. The number of amides is 5. The van der Waals surface area contributed by atoms with Crippen molar-refractivity contribution in [3.8, 4) is 0 Å². The van der Waals surface area contributed by atoms with E-state index in [1.165, 1.54) is 20.3 Å². The Morgan fingerprint density at radius 3 is 1.38 bits per heavy atom. The minimum Gasteiger partial charge on any atom is -0.365 e. The summed E-state index contributed by atoms with van der Waals surface area (Å²) in [5, 5.41) is 12.3. The van der Waals surface area contributed by atoms with Crippen LogP contribution in [0.15, 0.2) is 150 Å². The number of anilines is 4. The molecule has 8 rings (SSSR count). The van der Waals surface area contributed by atoms with Gasteiger partial charge in [-0.25, -0.2) is 24.2 Å². The van der Waals surface area contributed by atoms with E-state index in [0.29, 0.717) is 39.7 Å². The van der Waals surface area contributed by atoms with Crippen molar-refractivity contribution in [1.29, 1.82) is 0 Å². The number of rotatable bonds is 5. The zero-order valence-electron chi connectivity index (χ0n) is 36.6. The molecule has 5 amide bonds. The summed E-state index contributed by atoms with van der Waals surface area (Å²) < 4.78 is 1.15. The predicted octanol–water partition coefficient (Wildman–Crippen LogP) is 13.0. The largest absolute Gasteiger partial charge is 0.365 e. The molecular weight excluding hydrogens is 853 g/mol. The standard InChI is InChI=1S/C26H25N3O2.C19H17N3O2.C7H7Br/c1-18-9-13-22(14-10-18)28-24(30)29(23-15-11-21(27-5)12-16-23)26(31,25(28,3)4)20-8-6-7-19(2)17-20;1-13-5-9-16(10-6-13)22-18(24)21(17(23)19(22,2)3)15-11-7-14(20-4)8-12-15;1-6-3-2-4-7(8)5-6/h6-17,31H,1-4H3;5-12H,1-3H3;2-5H,1H3. The topological polar surface area (TPSA) is 93.1 Å². The van der Waals surface area contributed by atoms with Crippen molar-refractivity contribution in [1.82, 2.24) is 0 Å². The lowest BCUT2D eigenvalue weighted by Crippen LogP contribution is -2.56. The molecule has 2 saturated heterocycles. The maximum absolute atomic E-state index is 13.9. The molecule has 0 spiro atoms. The van der Waals surface area contributed by atoms with Gasteiger partial charge in [-0.2, -0.15) is 0 Å². The van der Waals surface area contributed by atoms with Crippen molar-refractivity contribution < 1.29 is 19.5 Å². The molecule has 1 unspecified atom stereocenters. The highest BCUT2D eigenvalue weighted by atomic mass is 79.9. The van der Waals surface area contributed by atoms with E-state index in [4.69, 9.17) is 13.1 Å². The Morgan fingerprint density at radius 1 is 0.508 bits per heavy atom. The fourth-order valence-corrected chi connectivity index (χ4v) is 8.30. The molecule has 0 aliphatic carbocycles. The third-order valence-corrected chi connectivity index (χ3v) is 11.7. The Bertz CT molecular complexity index is 2720. The van der Waals surface area contributed by atoms with Gasteiger partial charge in [0.2, 0.25) is 0 Å². The fraction of sp³-hybridized carbons (Fsp3) is 0.212. The van der Waals surface area contributed by atoms with Crippen LogP contribution in [0.4, 0.5) is 43.7 Å². The number of hydrogen-bond donors (Lipinski definition) is 1. The second-order valence-electron chi connectivity index (χ2n) is 16.6. The van der Waals surface area contributed by atoms with Crippen LogP contribution in [0.25, 0.3) is 9.69 Å². The average Bonchev–Trinajstić information content (AvgIpc) is 3.54. The van der Waals surface area contributed by atoms with E-state index in [2.05, 4.69) is 44.7 Å². The number of aliphatic hydroxyl groups is 1. The number of urea groups is 2. The summed E-state index contributed by atoms with van der Waals surface area (Å²) in [7, 11) is 0. The first-order chi connectivity index (χ1) is 29.8. The molecule has 0 aromatic heterocycles. The predicted molar refractivity (Wildman–Crippen MR) is 256 cm³/mol. The molecule has 11 heteroatoms. The quantitative estimate of drug-likeness (QED) is 0.138. The highest BCUT2D eigenvalue weighted by Crippen LogP contribution is 2.51. The van der Waals surface area contributed by atoms with E-state index in [1.807, 2.05) is 120 Å². The van der Waals surface area contributed by atoms with Crippen molar-refractivity contribution in [2.75, 3.05) is 19.6 Å². The molecule has 6 aromatic carbocycles. The number of carbonyl (C=O) groups is 3. The van der Waals surface area contributed by atoms with Crippen molar-refractivity contribution in [3.05, 3.63) is 201 Å².